The molecule has 1 atom stereocenters. The molecule has 2 fully saturated rings. The molecule has 3 nitrogen and oxygen atoms in total. The van der Waals surface area contributed by atoms with Gasteiger partial charge < -0.3 is 4.74 Å². The largest absolute Gasteiger partial charge is 0.464 e. The van der Waals surface area contributed by atoms with E-state index < -0.39 is 0 Å². The van der Waals surface area contributed by atoms with Crippen molar-refractivity contribution in [3.63, 3.8) is 0 Å². The lowest BCUT2D eigenvalue weighted by atomic mass is 9.99. The Bertz CT molecular complexity index is 199. The number of rotatable bonds is 1. The highest BCUT2D eigenvalue weighted by Crippen LogP contribution is 2.29. The zero-order valence-corrected chi connectivity index (χ0v) is 7.51. The summed E-state index contributed by atoms with van der Waals surface area (Å²) in [7, 11) is 0. The van der Waals surface area contributed by atoms with Gasteiger partial charge in [-0.05, 0) is 32.9 Å². The molecule has 3 heteroatoms. The first-order chi connectivity index (χ1) is 5.73. The van der Waals surface area contributed by atoms with Gasteiger partial charge in [0.25, 0.3) is 0 Å². The summed E-state index contributed by atoms with van der Waals surface area (Å²) >= 11 is 0. The normalized spacial score (nSPS) is 37.2. The van der Waals surface area contributed by atoms with Gasteiger partial charge in [0.2, 0.25) is 0 Å². The summed E-state index contributed by atoms with van der Waals surface area (Å²) in [6, 6.07) is 0. The second-order valence-corrected chi connectivity index (χ2v) is 3.85. The minimum atomic E-state index is -0.295. The third kappa shape index (κ3) is 1.04. The molecule has 2 aliphatic heterocycles. The lowest BCUT2D eigenvalue weighted by molar-refractivity contribution is -0.146. The Morgan fingerprint density at radius 2 is 2.08 bits per heavy atom. The molecule has 0 N–H and O–H groups in total. The molecule has 0 spiro atoms. The zero-order valence-electron chi connectivity index (χ0n) is 7.51. The van der Waals surface area contributed by atoms with Crippen LogP contribution in [0.3, 0.4) is 0 Å². The van der Waals surface area contributed by atoms with E-state index in [0.717, 1.165) is 19.5 Å². The molecule has 0 radical (unpaired) electrons. The van der Waals surface area contributed by atoms with Gasteiger partial charge in [0.1, 0.15) is 5.54 Å². The van der Waals surface area contributed by atoms with E-state index >= 15 is 0 Å². The Hall–Kier alpha value is -0.570. The molecule has 0 bridgehead atoms. The third-order valence-corrected chi connectivity index (χ3v) is 3.07. The van der Waals surface area contributed by atoms with Crippen LogP contribution in [0.15, 0.2) is 0 Å². The third-order valence-electron chi connectivity index (χ3n) is 3.07. The average Bonchev–Trinajstić information content (AvgIpc) is 2.62. The second kappa shape index (κ2) is 2.73. The first-order valence-corrected chi connectivity index (χ1v) is 4.66. The van der Waals surface area contributed by atoms with Gasteiger partial charge in [-0.2, -0.15) is 0 Å². The van der Waals surface area contributed by atoms with Gasteiger partial charge in [0.15, 0.2) is 0 Å². The molecule has 2 aliphatic rings. The Kier molecular flexibility index (Phi) is 1.83. The fourth-order valence-electron chi connectivity index (χ4n) is 2.10. The van der Waals surface area contributed by atoms with Gasteiger partial charge >= 0.3 is 5.97 Å². The zero-order chi connectivity index (χ0) is 8.60. The number of likely N-dealkylation sites (tertiary alicyclic amines) is 1. The molecule has 0 unspecified atom stereocenters. The molecule has 0 aromatic rings. The van der Waals surface area contributed by atoms with Crippen LogP contribution in [0.25, 0.3) is 0 Å². The monoisotopic (exact) mass is 169 g/mol. The van der Waals surface area contributed by atoms with Crippen LogP contribution in [0.5, 0.6) is 0 Å². The summed E-state index contributed by atoms with van der Waals surface area (Å²) in [6.07, 6.45) is 3.32. The van der Waals surface area contributed by atoms with Gasteiger partial charge in [0.05, 0.1) is 6.61 Å². The quantitative estimate of drug-likeness (QED) is 0.543. The van der Waals surface area contributed by atoms with Crippen molar-refractivity contribution in [2.75, 3.05) is 19.7 Å². The number of carbonyl (C=O) groups excluding carboxylic acids is 1. The van der Waals surface area contributed by atoms with Crippen LogP contribution < -0.4 is 0 Å². The average molecular weight is 169 g/mol. The molecule has 0 aromatic carbocycles. The number of hydrogen-bond acceptors (Lipinski definition) is 3. The van der Waals surface area contributed by atoms with Crippen LogP contribution in [-0.4, -0.2) is 36.1 Å². The number of nitrogens with zero attached hydrogens (tertiary/aromatic N) is 1. The maximum absolute atomic E-state index is 11.4. The fraction of sp³-hybridized carbons (Fsp3) is 0.889. The maximum atomic E-state index is 11.4. The van der Waals surface area contributed by atoms with Crippen LogP contribution in [0.1, 0.15) is 26.2 Å². The molecule has 0 aromatic heterocycles. The molecule has 2 saturated heterocycles. The Labute approximate surface area is 72.7 Å². The summed E-state index contributed by atoms with van der Waals surface area (Å²) in [5.74, 6) is -0.0237. The molecule has 12 heavy (non-hydrogen) atoms. The molecule has 68 valence electrons. The first-order valence-electron chi connectivity index (χ1n) is 4.66. The standard InChI is InChI=1S/C9H15NO2/c1-9(4-7-12-8(9)11)10-5-2-3-6-10/h2-7H2,1H3/t9-/m1/s1. The summed E-state index contributed by atoms with van der Waals surface area (Å²) in [4.78, 5) is 13.7. The molecular formula is C9H15NO2. The van der Waals surface area contributed by atoms with E-state index in [-0.39, 0.29) is 11.5 Å². The summed E-state index contributed by atoms with van der Waals surface area (Å²) in [5.41, 5.74) is -0.295. The minimum absolute atomic E-state index is 0.0237. The smallest absolute Gasteiger partial charge is 0.326 e. The highest BCUT2D eigenvalue weighted by molar-refractivity contribution is 5.82. The van der Waals surface area contributed by atoms with Crippen LogP contribution in [0, 0.1) is 0 Å². The summed E-state index contributed by atoms with van der Waals surface area (Å²) in [6.45, 7) is 4.73. The topological polar surface area (TPSA) is 29.5 Å². The van der Waals surface area contributed by atoms with Crippen molar-refractivity contribution in [3.05, 3.63) is 0 Å². The van der Waals surface area contributed by atoms with Crippen LogP contribution in [-0.2, 0) is 9.53 Å². The van der Waals surface area contributed by atoms with Crippen LogP contribution in [0.4, 0.5) is 0 Å². The molecule has 0 amide bonds. The number of hydrogen-bond donors (Lipinski definition) is 0. The van der Waals surface area contributed by atoms with E-state index in [9.17, 15) is 4.79 Å². The number of ether oxygens (including phenoxy) is 1. The molecular weight excluding hydrogens is 154 g/mol. The van der Waals surface area contributed by atoms with Crippen molar-refractivity contribution >= 4 is 5.97 Å². The van der Waals surface area contributed by atoms with Crippen LogP contribution in [0.2, 0.25) is 0 Å². The minimum Gasteiger partial charge on any atom is -0.464 e. The Morgan fingerprint density at radius 3 is 2.58 bits per heavy atom. The van der Waals surface area contributed by atoms with Crippen molar-refractivity contribution in [3.8, 4) is 0 Å². The molecule has 0 saturated carbocycles. The Morgan fingerprint density at radius 1 is 1.42 bits per heavy atom. The van der Waals surface area contributed by atoms with Crippen molar-refractivity contribution < 1.29 is 9.53 Å². The predicted octanol–water partition coefficient (Wildman–Crippen LogP) is 0.788. The van der Waals surface area contributed by atoms with Gasteiger partial charge in [0, 0.05) is 6.42 Å². The second-order valence-electron chi connectivity index (χ2n) is 3.85. The van der Waals surface area contributed by atoms with Gasteiger partial charge in [-0.15, -0.1) is 0 Å². The van der Waals surface area contributed by atoms with Crippen molar-refractivity contribution in [2.24, 2.45) is 0 Å². The van der Waals surface area contributed by atoms with E-state index in [1.165, 1.54) is 12.8 Å². The van der Waals surface area contributed by atoms with Crippen molar-refractivity contribution in [1.29, 1.82) is 0 Å². The van der Waals surface area contributed by atoms with E-state index in [1.54, 1.807) is 0 Å². The van der Waals surface area contributed by atoms with Crippen LogP contribution >= 0.6 is 0 Å². The van der Waals surface area contributed by atoms with Crippen molar-refractivity contribution in [2.45, 2.75) is 31.7 Å². The Balaban J connectivity index is 2.13. The highest BCUT2D eigenvalue weighted by atomic mass is 16.5. The first kappa shape index (κ1) is 8.05. The van der Waals surface area contributed by atoms with E-state index in [1.807, 2.05) is 6.92 Å². The highest BCUT2D eigenvalue weighted by Gasteiger charge is 2.45. The lowest BCUT2D eigenvalue weighted by Crippen LogP contribution is -2.48. The molecule has 0 aliphatic carbocycles. The fourth-order valence-corrected chi connectivity index (χ4v) is 2.10. The van der Waals surface area contributed by atoms with E-state index in [4.69, 9.17) is 4.74 Å². The van der Waals surface area contributed by atoms with Gasteiger partial charge in [-0.3, -0.25) is 9.69 Å². The van der Waals surface area contributed by atoms with Crippen molar-refractivity contribution in [1.82, 2.24) is 4.90 Å². The molecule has 2 heterocycles. The predicted molar refractivity (Wildman–Crippen MR) is 44.8 cm³/mol. The summed E-state index contributed by atoms with van der Waals surface area (Å²) in [5, 5.41) is 0. The number of cyclic esters (lactones) is 1. The number of carbonyl (C=O) groups is 1. The SMILES string of the molecule is C[C@@]1(N2CCCC2)CCOC1=O. The lowest BCUT2D eigenvalue weighted by Gasteiger charge is -2.30. The van der Waals surface area contributed by atoms with Gasteiger partial charge in [-0.1, -0.05) is 0 Å². The van der Waals surface area contributed by atoms with E-state index in [0.29, 0.717) is 6.61 Å². The summed E-state index contributed by atoms with van der Waals surface area (Å²) < 4.78 is 5.00. The maximum Gasteiger partial charge on any atom is 0.326 e. The van der Waals surface area contributed by atoms with E-state index in [2.05, 4.69) is 4.90 Å². The molecule has 2 rings (SSSR count). The number of esters is 1. The van der Waals surface area contributed by atoms with Gasteiger partial charge in [-0.25, -0.2) is 0 Å².